The predicted molar refractivity (Wildman–Crippen MR) is 68.8 cm³/mol. The van der Waals surface area contributed by atoms with E-state index in [0.29, 0.717) is 6.42 Å². The Morgan fingerprint density at radius 1 is 1.39 bits per heavy atom. The van der Waals surface area contributed by atoms with E-state index in [-0.39, 0.29) is 11.7 Å². The van der Waals surface area contributed by atoms with E-state index >= 15 is 0 Å². The van der Waals surface area contributed by atoms with Crippen molar-refractivity contribution < 1.29 is 9.90 Å². The number of carboxylic acids is 1. The molecule has 4 heteroatoms. The van der Waals surface area contributed by atoms with Gasteiger partial charge in [0.15, 0.2) is 0 Å². The molecule has 0 unspecified atom stereocenters. The summed E-state index contributed by atoms with van der Waals surface area (Å²) >= 11 is 0. The SMILES string of the molecule is CCc1ncc(C(=O)O)n1[C@H](C)c1ccccc1. The second-order valence-electron chi connectivity index (χ2n) is 4.18. The van der Waals surface area contributed by atoms with E-state index in [4.69, 9.17) is 0 Å². The minimum Gasteiger partial charge on any atom is -0.477 e. The number of aromatic nitrogens is 2. The number of imidazole rings is 1. The van der Waals surface area contributed by atoms with E-state index in [9.17, 15) is 9.90 Å². The molecule has 0 fully saturated rings. The molecule has 0 saturated heterocycles. The number of carbonyl (C=O) groups is 1. The molecular formula is C14H16N2O2. The van der Waals surface area contributed by atoms with E-state index < -0.39 is 5.97 Å². The second-order valence-corrected chi connectivity index (χ2v) is 4.18. The summed E-state index contributed by atoms with van der Waals surface area (Å²) in [7, 11) is 0. The average Bonchev–Trinajstić information content (AvgIpc) is 2.82. The number of hydrogen-bond acceptors (Lipinski definition) is 2. The van der Waals surface area contributed by atoms with E-state index in [1.165, 1.54) is 6.20 Å². The van der Waals surface area contributed by atoms with Crippen molar-refractivity contribution in [2.24, 2.45) is 0 Å². The second kappa shape index (κ2) is 5.04. The lowest BCUT2D eigenvalue weighted by molar-refractivity contribution is 0.0683. The zero-order valence-electron chi connectivity index (χ0n) is 10.5. The lowest BCUT2D eigenvalue weighted by Crippen LogP contribution is -2.16. The largest absolute Gasteiger partial charge is 0.477 e. The van der Waals surface area contributed by atoms with Crippen LogP contribution in [0, 0.1) is 0 Å². The maximum absolute atomic E-state index is 11.2. The van der Waals surface area contributed by atoms with Crippen LogP contribution >= 0.6 is 0 Å². The fourth-order valence-corrected chi connectivity index (χ4v) is 2.13. The molecule has 1 N–H and O–H groups in total. The highest BCUT2D eigenvalue weighted by molar-refractivity contribution is 5.85. The van der Waals surface area contributed by atoms with Gasteiger partial charge in [-0.3, -0.25) is 0 Å². The predicted octanol–water partition coefficient (Wildman–Crippen LogP) is 2.75. The highest BCUT2D eigenvalue weighted by Crippen LogP contribution is 2.22. The minimum atomic E-state index is -0.940. The van der Waals surface area contributed by atoms with Crippen LogP contribution in [-0.2, 0) is 6.42 Å². The minimum absolute atomic E-state index is 0.0326. The highest BCUT2D eigenvalue weighted by Gasteiger charge is 2.19. The van der Waals surface area contributed by atoms with E-state index in [2.05, 4.69) is 4.98 Å². The van der Waals surface area contributed by atoms with Crippen LogP contribution in [0.2, 0.25) is 0 Å². The van der Waals surface area contributed by atoms with Crippen molar-refractivity contribution in [3.63, 3.8) is 0 Å². The molecule has 0 bridgehead atoms. The smallest absolute Gasteiger partial charge is 0.354 e. The maximum Gasteiger partial charge on any atom is 0.354 e. The van der Waals surface area contributed by atoms with Crippen molar-refractivity contribution in [3.05, 3.63) is 53.6 Å². The third-order valence-corrected chi connectivity index (χ3v) is 3.08. The third kappa shape index (κ3) is 2.14. The lowest BCUT2D eigenvalue weighted by Gasteiger charge is -2.18. The zero-order valence-corrected chi connectivity index (χ0v) is 10.5. The first-order valence-electron chi connectivity index (χ1n) is 5.99. The molecule has 1 heterocycles. The topological polar surface area (TPSA) is 55.1 Å². The summed E-state index contributed by atoms with van der Waals surface area (Å²) in [5.74, 6) is -0.145. The number of aromatic carboxylic acids is 1. The summed E-state index contributed by atoms with van der Waals surface area (Å²) < 4.78 is 1.79. The normalized spacial score (nSPS) is 12.3. The third-order valence-electron chi connectivity index (χ3n) is 3.08. The highest BCUT2D eigenvalue weighted by atomic mass is 16.4. The van der Waals surface area contributed by atoms with Crippen molar-refractivity contribution in [3.8, 4) is 0 Å². The molecule has 0 radical (unpaired) electrons. The monoisotopic (exact) mass is 244 g/mol. The van der Waals surface area contributed by atoms with Gasteiger partial charge in [0.2, 0.25) is 0 Å². The van der Waals surface area contributed by atoms with Crippen LogP contribution in [0.15, 0.2) is 36.5 Å². The summed E-state index contributed by atoms with van der Waals surface area (Å²) in [5, 5.41) is 9.21. The lowest BCUT2D eigenvalue weighted by atomic mass is 10.1. The first-order chi connectivity index (χ1) is 8.65. The Bertz CT molecular complexity index is 546. The molecular weight excluding hydrogens is 228 g/mol. The van der Waals surface area contributed by atoms with Gasteiger partial charge in [0.1, 0.15) is 11.5 Å². The number of nitrogens with zero attached hydrogens (tertiary/aromatic N) is 2. The molecule has 0 spiro atoms. The van der Waals surface area contributed by atoms with Gasteiger partial charge in [0.25, 0.3) is 0 Å². The van der Waals surface area contributed by atoms with Crippen LogP contribution in [0.3, 0.4) is 0 Å². The summed E-state index contributed by atoms with van der Waals surface area (Å²) in [6, 6.07) is 9.81. The summed E-state index contributed by atoms with van der Waals surface area (Å²) in [6.45, 7) is 3.96. The van der Waals surface area contributed by atoms with Crippen molar-refractivity contribution >= 4 is 5.97 Å². The molecule has 0 amide bonds. The van der Waals surface area contributed by atoms with Crippen LogP contribution in [-0.4, -0.2) is 20.6 Å². The molecule has 94 valence electrons. The van der Waals surface area contributed by atoms with Crippen molar-refractivity contribution in [2.45, 2.75) is 26.3 Å². The summed E-state index contributed by atoms with van der Waals surface area (Å²) in [4.78, 5) is 15.4. The molecule has 0 aliphatic rings. The van der Waals surface area contributed by atoms with Crippen LogP contribution in [0.25, 0.3) is 0 Å². The standard InChI is InChI=1S/C14H16N2O2/c1-3-13-15-9-12(14(17)18)16(13)10(2)11-7-5-4-6-8-11/h4-10H,3H2,1-2H3,(H,17,18)/t10-/m1/s1. The average molecular weight is 244 g/mol. The molecule has 18 heavy (non-hydrogen) atoms. The molecule has 0 saturated carbocycles. The van der Waals surface area contributed by atoms with Gasteiger partial charge in [0, 0.05) is 6.42 Å². The number of carboxylic acid groups (broad SMARTS) is 1. The Morgan fingerprint density at radius 3 is 2.61 bits per heavy atom. The van der Waals surface area contributed by atoms with Crippen LogP contribution in [0.1, 0.15) is 41.8 Å². The van der Waals surface area contributed by atoms with Gasteiger partial charge in [-0.25, -0.2) is 9.78 Å². The Labute approximate surface area is 106 Å². The first kappa shape index (κ1) is 12.4. The Morgan fingerprint density at radius 2 is 2.06 bits per heavy atom. The fraction of sp³-hybridized carbons (Fsp3) is 0.286. The zero-order chi connectivity index (χ0) is 13.1. The first-order valence-corrected chi connectivity index (χ1v) is 5.99. The van der Waals surface area contributed by atoms with Gasteiger partial charge in [-0.1, -0.05) is 37.3 Å². The van der Waals surface area contributed by atoms with Crippen molar-refractivity contribution in [1.29, 1.82) is 0 Å². The van der Waals surface area contributed by atoms with E-state index in [1.54, 1.807) is 4.57 Å². The number of hydrogen-bond donors (Lipinski definition) is 1. The van der Waals surface area contributed by atoms with Gasteiger partial charge in [-0.05, 0) is 12.5 Å². The quantitative estimate of drug-likeness (QED) is 0.899. The van der Waals surface area contributed by atoms with E-state index in [1.807, 2.05) is 44.2 Å². The van der Waals surface area contributed by atoms with Gasteiger partial charge in [0.05, 0.1) is 12.2 Å². The fourth-order valence-electron chi connectivity index (χ4n) is 2.13. The van der Waals surface area contributed by atoms with Gasteiger partial charge >= 0.3 is 5.97 Å². The molecule has 1 atom stereocenters. The molecule has 0 aliphatic heterocycles. The molecule has 0 aliphatic carbocycles. The maximum atomic E-state index is 11.2. The number of aryl methyl sites for hydroxylation is 1. The van der Waals surface area contributed by atoms with Crippen LogP contribution in [0.5, 0.6) is 0 Å². The number of benzene rings is 1. The molecule has 2 aromatic rings. The molecule has 1 aromatic heterocycles. The molecule has 2 rings (SSSR count). The van der Waals surface area contributed by atoms with Crippen molar-refractivity contribution in [1.82, 2.24) is 9.55 Å². The van der Waals surface area contributed by atoms with Crippen LogP contribution < -0.4 is 0 Å². The van der Waals surface area contributed by atoms with E-state index in [0.717, 1.165) is 11.4 Å². The van der Waals surface area contributed by atoms with Gasteiger partial charge in [-0.15, -0.1) is 0 Å². The van der Waals surface area contributed by atoms with Crippen molar-refractivity contribution in [2.75, 3.05) is 0 Å². The summed E-state index contributed by atoms with van der Waals surface area (Å²) in [6.07, 6.45) is 2.14. The van der Waals surface area contributed by atoms with Crippen LogP contribution in [0.4, 0.5) is 0 Å². The Hall–Kier alpha value is -2.10. The Balaban J connectivity index is 2.49. The molecule has 4 nitrogen and oxygen atoms in total. The Kier molecular flexibility index (Phi) is 3.46. The molecule has 1 aromatic carbocycles. The summed E-state index contributed by atoms with van der Waals surface area (Å²) in [5.41, 5.74) is 1.32. The number of rotatable bonds is 4. The van der Waals surface area contributed by atoms with Gasteiger partial charge in [-0.2, -0.15) is 0 Å². The van der Waals surface area contributed by atoms with Gasteiger partial charge < -0.3 is 9.67 Å².